The van der Waals surface area contributed by atoms with Crippen molar-refractivity contribution in [3.8, 4) is 22.8 Å². The van der Waals surface area contributed by atoms with Gasteiger partial charge in [-0.2, -0.15) is 5.10 Å². The molecule has 1 fully saturated rings. The van der Waals surface area contributed by atoms with Crippen LogP contribution in [0.4, 0.5) is 17.3 Å². The van der Waals surface area contributed by atoms with E-state index < -0.39 is 0 Å². The lowest BCUT2D eigenvalue weighted by Gasteiger charge is -2.26. The van der Waals surface area contributed by atoms with E-state index in [1.807, 2.05) is 24.4 Å². The van der Waals surface area contributed by atoms with Crippen molar-refractivity contribution in [1.82, 2.24) is 24.5 Å². The zero-order valence-corrected chi connectivity index (χ0v) is 20.0. The van der Waals surface area contributed by atoms with Crippen LogP contribution in [0.15, 0.2) is 48.9 Å². The second-order valence-electron chi connectivity index (χ2n) is 8.00. The van der Waals surface area contributed by atoms with Gasteiger partial charge in [0.2, 0.25) is 5.95 Å². The monoisotopic (exact) mass is 495 g/mol. The van der Waals surface area contributed by atoms with Crippen LogP contribution in [-0.4, -0.2) is 71.0 Å². The lowest BCUT2D eigenvalue weighted by Crippen LogP contribution is -2.38. The lowest BCUT2D eigenvalue weighted by atomic mass is 10.2. The van der Waals surface area contributed by atoms with E-state index in [1.54, 1.807) is 36.2 Å². The van der Waals surface area contributed by atoms with Crippen molar-refractivity contribution in [2.75, 3.05) is 57.6 Å². The number of hydrogen-bond acceptors (Lipinski definition) is 9. The number of methoxy groups -OCH3 is 1. The van der Waals surface area contributed by atoms with Crippen LogP contribution in [0.25, 0.3) is 16.8 Å². The predicted octanol–water partition coefficient (Wildman–Crippen LogP) is 3.49. The summed E-state index contributed by atoms with van der Waals surface area (Å²) < 4.78 is 18.7. The normalized spacial score (nSPS) is 14.2. The third kappa shape index (κ3) is 5.09. The van der Waals surface area contributed by atoms with Gasteiger partial charge in [0.25, 0.3) is 0 Å². The molecule has 0 spiro atoms. The number of hydrogen-bond donors (Lipinski definition) is 2. The van der Waals surface area contributed by atoms with Crippen LogP contribution in [0.1, 0.15) is 0 Å². The number of aromatic nitrogens is 4. The van der Waals surface area contributed by atoms with Gasteiger partial charge in [0.05, 0.1) is 60.3 Å². The summed E-state index contributed by atoms with van der Waals surface area (Å²) in [5.74, 6) is 1.46. The molecule has 10 nitrogen and oxygen atoms in total. The molecule has 0 radical (unpaired) electrons. The predicted molar refractivity (Wildman–Crippen MR) is 135 cm³/mol. The van der Waals surface area contributed by atoms with Crippen LogP contribution in [0.3, 0.4) is 0 Å². The Hall–Kier alpha value is -3.60. The average molecular weight is 496 g/mol. The van der Waals surface area contributed by atoms with Crippen LogP contribution >= 0.6 is 11.6 Å². The van der Waals surface area contributed by atoms with Crippen molar-refractivity contribution >= 4 is 34.4 Å². The molecular formula is C24H26ClN7O3. The Morgan fingerprint density at radius 2 is 2.03 bits per heavy atom. The Kier molecular flexibility index (Phi) is 6.84. The molecule has 1 aromatic carbocycles. The Labute approximate surface area is 207 Å². The van der Waals surface area contributed by atoms with E-state index >= 15 is 0 Å². The number of nitrogen functional groups attached to an aromatic ring is 1. The number of nitrogens with zero attached hydrogens (tertiary/aromatic N) is 5. The van der Waals surface area contributed by atoms with E-state index in [-0.39, 0.29) is 0 Å². The number of halogens is 1. The number of nitrogens with two attached hydrogens (primary N) is 1. The fraction of sp³-hybridized carbons (Fsp3) is 0.292. The molecule has 182 valence electrons. The minimum absolute atomic E-state index is 0.346. The molecule has 3 aromatic heterocycles. The number of ether oxygens (including phenoxy) is 3. The summed E-state index contributed by atoms with van der Waals surface area (Å²) in [5.41, 5.74) is 9.63. The highest BCUT2D eigenvalue weighted by Crippen LogP contribution is 2.37. The van der Waals surface area contributed by atoms with E-state index in [2.05, 4.69) is 25.3 Å². The summed E-state index contributed by atoms with van der Waals surface area (Å²) in [7, 11) is 1.58. The van der Waals surface area contributed by atoms with Crippen LogP contribution in [0, 0.1) is 0 Å². The minimum atomic E-state index is 0.346. The maximum absolute atomic E-state index is 6.44. The minimum Gasteiger partial charge on any atom is -0.494 e. The Balaban J connectivity index is 1.35. The van der Waals surface area contributed by atoms with Gasteiger partial charge in [-0.25, -0.2) is 14.5 Å². The topological polar surface area (TPSA) is 112 Å². The van der Waals surface area contributed by atoms with Gasteiger partial charge in [-0.05, 0) is 18.2 Å². The molecule has 3 N–H and O–H groups in total. The molecule has 0 atom stereocenters. The zero-order valence-electron chi connectivity index (χ0n) is 19.3. The SMILES string of the molecule is COc1cc(OCCN2CCOCC2)c(N)cc1Nc1ncc(Cl)c(-c2cnn3ccccc23)n1. The Morgan fingerprint density at radius 1 is 1.17 bits per heavy atom. The highest BCUT2D eigenvalue weighted by atomic mass is 35.5. The largest absolute Gasteiger partial charge is 0.494 e. The van der Waals surface area contributed by atoms with Crippen molar-refractivity contribution in [1.29, 1.82) is 0 Å². The summed E-state index contributed by atoms with van der Waals surface area (Å²) in [6.07, 6.45) is 5.15. The van der Waals surface area contributed by atoms with Crippen LogP contribution in [0.5, 0.6) is 11.5 Å². The fourth-order valence-electron chi connectivity index (χ4n) is 3.93. The van der Waals surface area contributed by atoms with Gasteiger partial charge in [0.1, 0.15) is 18.1 Å². The van der Waals surface area contributed by atoms with Crippen molar-refractivity contribution in [3.63, 3.8) is 0 Å². The molecule has 4 heterocycles. The van der Waals surface area contributed by atoms with Gasteiger partial charge >= 0.3 is 0 Å². The van der Waals surface area contributed by atoms with Crippen molar-refractivity contribution < 1.29 is 14.2 Å². The molecule has 0 amide bonds. The number of morpholine rings is 1. The number of benzene rings is 1. The second kappa shape index (κ2) is 10.3. The Morgan fingerprint density at radius 3 is 2.86 bits per heavy atom. The molecule has 0 aliphatic carbocycles. The quantitative estimate of drug-likeness (QED) is 0.355. The molecular weight excluding hydrogens is 470 g/mol. The van der Waals surface area contributed by atoms with Crippen molar-refractivity contribution in [2.45, 2.75) is 0 Å². The molecule has 4 aromatic rings. The maximum atomic E-state index is 6.44. The summed E-state index contributed by atoms with van der Waals surface area (Å²) in [4.78, 5) is 11.3. The summed E-state index contributed by atoms with van der Waals surface area (Å²) in [6.45, 7) is 4.64. The van der Waals surface area contributed by atoms with E-state index in [1.165, 1.54) is 0 Å². The number of nitrogens with one attached hydrogen (secondary N) is 1. The van der Waals surface area contributed by atoms with Gasteiger partial charge in [-0.3, -0.25) is 4.90 Å². The standard InChI is InChI=1S/C24H26ClN7O3/c1-33-22-13-21(35-11-8-31-6-9-34-10-7-31)18(26)12-19(22)29-24-27-15-17(25)23(30-24)16-14-28-32-5-3-2-4-20(16)32/h2-5,12-15H,6-11,26H2,1H3,(H,27,29,30). The molecule has 1 saturated heterocycles. The van der Waals surface area contributed by atoms with E-state index in [0.717, 1.165) is 43.9 Å². The van der Waals surface area contributed by atoms with Crippen LogP contribution in [0.2, 0.25) is 5.02 Å². The second-order valence-corrected chi connectivity index (χ2v) is 8.40. The molecule has 0 saturated carbocycles. The molecule has 1 aliphatic heterocycles. The first-order valence-electron chi connectivity index (χ1n) is 11.2. The van der Waals surface area contributed by atoms with E-state index in [9.17, 15) is 0 Å². The number of fused-ring (bicyclic) bond motifs is 1. The van der Waals surface area contributed by atoms with E-state index in [4.69, 9.17) is 31.5 Å². The lowest BCUT2D eigenvalue weighted by molar-refractivity contribution is 0.0323. The molecule has 5 rings (SSSR count). The summed E-state index contributed by atoms with van der Waals surface area (Å²) in [6, 6.07) is 9.31. The van der Waals surface area contributed by atoms with Gasteiger partial charge in [0, 0.05) is 37.5 Å². The molecule has 11 heteroatoms. The summed E-state index contributed by atoms with van der Waals surface area (Å²) in [5, 5.41) is 7.98. The van der Waals surface area contributed by atoms with Gasteiger partial charge in [-0.15, -0.1) is 0 Å². The zero-order chi connectivity index (χ0) is 24.2. The fourth-order valence-corrected chi connectivity index (χ4v) is 4.13. The van der Waals surface area contributed by atoms with Crippen LogP contribution < -0.4 is 20.5 Å². The molecule has 0 unspecified atom stereocenters. The number of anilines is 3. The van der Waals surface area contributed by atoms with Gasteiger partial charge in [0.15, 0.2) is 0 Å². The first-order valence-corrected chi connectivity index (χ1v) is 11.6. The van der Waals surface area contributed by atoms with Crippen molar-refractivity contribution in [3.05, 3.63) is 53.9 Å². The van der Waals surface area contributed by atoms with Crippen LogP contribution in [-0.2, 0) is 4.74 Å². The van der Waals surface area contributed by atoms with E-state index in [0.29, 0.717) is 46.1 Å². The summed E-state index contributed by atoms with van der Waals surface area (Å²) >= 11 is 6.44. The molecule has 0 bridgehead atoms. The third-order valence-electron chi connectivity index (χ3n) is 5.77. The first-order chi connectivity index (χ1) is 17.1. The molecule has 35 heavy (non-hydrogen) atoms. The highest BCUT2D eigenvalue weighted by Gasteiger charge is 2.16. The third-order valence-corrected chi connectivity index (χ3v) is 6.05. The Bertz CT molecular complexity index is 1320. The smallest absolute Gasteiger partial charge is 0.227 e. The molecule has 1 aliphatic rings. The van der Waals surface area contributed by atoms with Gasteiger partial charge in [-0.1, -0.05) is 17.7 Å². The highest BCUT2D eigenvalue weighted by molar-refractivity contribution is 6.33. The maximum Gasteiger partial charge on any atom is 0.227 e. The number of pyridine rings is 1. The van der Waals surface area contributed by atoms with Crippen molar-refractivity contribution in [2.24, 2.45) is 0 Å². The average Bonchev–Trinajstić information content (AvgIpc) is 3.31. The van der Waals surface area contributed by atoms with Gasteiger partial charge < -0.3 is 25.3 Å². The number of rotatable bonds is 8. The first kappa shape index (κ1) is 23.2.